The van der Waals surface area contributed by atoms with Crippen molar-refractivity contribution in [2.75, 3.05) is 13.2 Å². The molecule has 0 aliphatic carbocycles. The lowest BCUT2D eigenvalue weighted by Gasteiger charge is -2.22. The number of carboxylic acid groups (broad SMARTS) is 1. The zero-order valence-corrected chi connectivity index (χ0v) is 8.96. The SMILES string of the molecule is O=C(O)c1cc(OC2CCCOC2)cs1. The van der Waals surface area contributed by atoms with E-state index in [9.17, 15) is 4.79 Å². The van der Waals surface area contributed by atoms with E-state index in [-0.39, 0.29) is 6.10 Å². The van der Waals surface area contributed by atoms with Crippen molar-refractivity contribution < 1.29 is 19.4 Å². The molecule has 1 aromatic rings. The molecule has 1 atom stereocenters. The molecule has 1 aromatic heterocycles. The third-order valence-electron chi connectivity index (χ3n) is 2.21. The predicted molar refractivity (Wildman–Crippen MR) is 55.7 cm³/mol. The number of hydrogen-bond donors (Lipinski definition) is 1. The lowest BCUT2D eigenvalue weighted by molar-refractivity contribution is 0.00759. The van der Waals surface area contributed by atoms with Crippen LogP contribution in [0.5, 0.6) is 5.75 Å². The molecule has 15 heavy (non-hydrogen) atoms. The Morgan fingerprint density at radius 1 is 1.67 bits per heavy atom. The summed E-state index contributed by atoms with van der Waals surface area (Å²) in [6.45, 7) is 1.39. The Labute approximate surface area is 91.4 Å². The van der Waals surface area contributed by atoms with Crippen molar-refractivity contribution in [2.45, 2.75) is 18.9 Å². The Hall–Kier alpha value is -1.07. The van der Waals surface area contributed by atoms with E-state index in [2.05, 4.69) is 0 Å². The predicted octanol–water partition coefficient (Wildman–Crippen LogP) is 2.00. The molecule has 82 valence electrons. The van der Waals surface area contributed by atoms with Crippen LogP contribution in [0.15, 0.2) is 11.4 Å². The van der Waals surface area contributed by atoms with Crippen LogP contribution in [0, 0.1) is 0 Å². The van der Waals surface area contributed by atoms with Crippen molar-refractivity contribution in [3.8, 4) is 5.75 Å². The Morgan fingerprint density at radius 2 is 2.53 bits per heavy atom. The lowest BCUT2D eigenvalue weighted by Crippen LogP contribution is -2.27. The normalized spacial score (nSPS) is 21.2. The van der Waals surface area contributed by atoms with Gasteiger partial charge in [0, 0.05) is 18.1 Å². The number of aromatic carboxylic acids is 1. The summed E-state index contributed by atoms with van der Waals surface area (Å²) in [5, 5.41) is 10.5. The largest absolute Gasteiger partial charge is 0.487 e. The van der Waals surface area contributed by atoms with Gasteiger partial charge < -0.3 is 14.6 Å². The molecule has 1 aliphatic rings. The average molecular weight is 228 g/mol. The maximum atomic E-state index is 10.6. The third-order valence-corrected chi connectivity index (χ3v) is 3.10. The average Bonchev–Trinajstić information content (AvgIpc) is 2.68. The van der Waals surface area contributed by atoms with E-state index < -0.39 is 5.97 Å². The maximum absolute atomic E-state index is 10.6. The smallest absolute Gasteiger partial charge is 0.346 e. The number of rotatable bonds is 3. The highest BCUT2D eigenvalue weighted by molar-refractivity contribution is 7.12. The molecule has 0 radical (unpaired) electrons. The molecule has 1 aliphatic heterocycles. The summed E-state index contributed by atoms with van der Waals surface area (Å²) in [4.78, 5) is 10.9. The third kappa shape index (κ3) is 2.70. The molecule has 2 rings (SSSR count). The maximum Gasteiger partial charge on any atom is 0.346 e. The fraction of sp³-hybridized carbons (Fsp3) is 0.500. The van der Waals surface area contributed by atoms with E-state index in [0.29, 0.717) is 17.2 Å². The fourth-order valence-corrected chi connectivity index (χ4v) is 2.14. The molecule has 0 saturated carbocycles. The first-order chi connectivity index (χ1) is 7.25. The van der Waals surface area contributed by atoms with Gasteiger partial charge in [-0.1, -0.05) is 0 Å². The summed E-state index contributed by atoms with van der Waals surface area (Å²) in [6.07, 6.45) is 2.04. The molecule has 5 heteroatoms. The molecule has 1 unspecified atom stereocenters. The molecule has 0 bridgehead atoms. The summed E-state index contributed by atoms with van der Waals surface area (Å²) in [5.74, 6) is -0.275. The first kappa shape index (κ1) is 10.4. The van der Waals surface area contributed by atoms with Gasteiger partial charge in [0.2, 0.25) is 0 Å². The minimum atomic E-state index is -0.908. The van der Waals surface area contributed by atoms with Gasteiger partial charge in [-0.2, -0.15) is 0 Å². The second-order valence-electron chi connectivity index (χ2n) is 3.41. The van der Waals surface area contributed by atoms with Crippen molar-refractivity contribution >= 4 is 17.3 Å². The molecular weight excluding hydrogens is 216 g/mol. The molecule has 1 N–H and O–H groups in total. The van der Waals surface area contributed by atoms with Crippen LogP contribution in [0.25, 0.3) is 0 Å². The van der Waals surface area contributed by atoms with Gasteiger partial charge >= 0.3 is 5.97 Å². The Kier molecular flexibility index (Phi) is 3.23. The van der Waals surface area contributed by atoms with Crippen LogP contribution in [0.4, 0.5) is 0 Å². The monoisotopic (exact) mass is 228 g/mol. The van der Waals surface area contributed by atoms with Crippen LogP contribution in [0.2, 0.25) is 0 Å². The van der Waals surface area contributed by atoms with E-state index in [1.807, 2.05) is 0 Å². The molecule has 4 nitrogen and oxygen atoms in total. The van der Waals surface area contributed by atoms with Crippen LogP contribution in [0.1, 0.15) is 22.5 Å². The Morgan fingerprint density at radius 3 is 3.13 bits per heavy atom. The minimum absolute atomic E-state index is 0.0648. The van der Waals surface area contributed by atoms with Crippen LogP contribution >= 0.6 is 11.3 Å². The van der Waals surface area contributed by atoms with E-state index in [0.717, 1.165) is 19.4 Å². The second kappa shape index (κ2) is 4.63. The highest BCUT2D eigenvalue weighted by atomic mass is 32.1. The topological polar surface area (TPSA) is 55.8 Å². The quantitative estimate of drug-likeness (QED) is 0.859. The standard InChI is InChI=1S/C10H12O4S/c11-10(12)9-4-8(6-15-9)14-7-2-1-3-13-5-7/h4,6-7H,1-3,5H2,(H,11,12). The summed E-state index contributed by atoms with van der Waals surface area (Å²) in [6, 6.07) is 1.56. The second-order valence-corrected chi connectivity index (χ2v) is 4.32. The number of carboxylic acids is 1. The Bertz CT molecular complexity index is 341. The van der Waals surface area contributed by atoms with Gasteiger partial charge in [0.1, 0.15) is 16.7 Å². The van der Waals surface area contributed by atoms with Crippen molar-refractivity contribution in [1.82, 2.24) is 0 Å². The first-order valence-corrected chi connectivity index (χ1v) is 5.70. The zero-order chi connectivity index (χ0) is 10.7. The van der Waals surface area contributed by atoms with Gasteiger partial charge in [-0.3, -0.25) is 0 Å². The summed E-state index contributed by atoms with van der Waals surface area (Å²) in [7, 11) is 0. The van der Waals surface area contributed by atoms with Crippen molar-refractivity contribution in [3.05, 3.63) is 16.3 Å². The fourth-order valence-electron chi connectivity index (χ4n) is 1.49. The van der Waals surface area contributed by atoms with Crippen molar-refractivity contribution in [2.24, 2.45) is 0 Å². The van der Waals surface area contributed by atoms with Crippen molar-refractivity contribution in [3.63, 3.8) is 0 Å². The number of carbonyl (C=O) groups is 1. The van der Waals surface area contributed by atoms with Gasteiger partial charge in [-0.25, -0.2) is 4.79 Å². The molecule has 2 heterocycles. The van der Waals surface area contributed by atoms with Crippen LogP contribution in [-0.4, -0.2) is 30.4 Å². The molecule has 1 fully saturated rings. The van der Waals surface area contributed by atoms with Gasteiger partial charge in [0.25, 0.3) is 0 Å². The van der Waals surface area contributed by atoms with Gasteiger partial charge in [-0.05, 0) is 12.8 Å². The highest BCUT2D eigenvalue weighted by Crippen LogP contribution is 2.24. The summed E-state index contributed by atoms with van der Waals surface area (Å²) >= 11 is 1.18. The van der Waals surface area contributed by atoms with E-state index in [1.54, 1.807) is 11.4 Å². The number of ether oxygens (including phenoxy) is 2. The summed E-state index contributed by atoms with van der Waals surface area (Å²) < 4.78 is 10.9. The van der Waals surface area contributed by atoms with Crippen LogP contribution in [0.3, 0.4) is 0 Å². The molecule has 1 saturated heterocycles. The lowest BCUT2D eigenvalue weighted by atomic mass is 10.2. The van der Waals surface area contributed by atoms with Crippen LogP contribution in [-0.2, 0) is 4.74 Å². The first-order valence-electron chi connectivity index (χ1n) is 4.82. The van der Waals surface area contributed by atoms with Gasteiger partial charge in [0.15, 0.2) is 0 Å². The molecule has 0 aromatic carbocycles. The highest BCUT2D eigenvalue weighted by Gasteiger charge is 2.16. The van der Waals surface area contributed by atoms with E-state index >= 15 is 0 Å². The molecule has 0 amide bonds. The van der Waals surface area contributed by atoms with Gasteiger partial charge in [-0.15, -0.1) is 11.3 Å². The molecule has 0 spiro atoms. The summed E-state index contributed by atoms with van der Waals surface area (Å²) in [5.41, 5.74) is 0. The van der Waals surface area contributed by atoms with E-state index in [4.69, 9.17) is 14.6 Å². The van der Waals surface area contributed by atoms with Crippen LogP contribution < -0.4 is 4.74 Å². The minimum Gasteiger partial charge on any atom is -0.487 e. The zero-order valence-electron chi connectivity index (χ0n) is 8.14. The van der Waals surface area contributed by atoms with Gasteiger partial charge in [0.05, 0.1) is 6.61 Å². The van der Waals surface area contributed by atoms with E-state index in [1.165, 1.54) is 11.3 Å². The number of hydrogen-bond acceptors (Lipinski definition) is 4. The Balaban J connectivity index is 1.94. The molecular formula is C10H12O4S. The number of thiophene rings is 1. The van der Waals surface area contributed by atoms with Crippen molar-refractivity contribution in [1.29, 1.82) is 0 Å².